The molecule has 1 aromatic heterocycles. The number of amides is 1. The molecule has 2 aromatic rings. The highest BCUT2D eigenvalue weighted by molar-refractivity contribution is 7.12. The highest BCUT2D eigenvalue weighted by Crippen LogP contribution is 2.16. The second-order valence-corrected chi connectivity index (χ2v) is 6.88. The molecule has 1 aromatic carbocycles. The van der Waals surface area contributed by atoms with Crippen LogP contribution < -0.4 is 5.32 Å². The summed E-state index contributed by atoms with van der Waals surface area (Å²) in [5, 5.41) is 2.76. The van der Waals surface area contributed by atoms with Gasteiger partial charge in [-0.3, -0.25) is 4.79 Å². The molecule has 1 N–H and O–H groups in total. The third-order valence-corrected chi connectivity index (χ3v) is 4.36. The van der Waals surface area contributed by atoms with Crippen LogP contribution in [0.2, 0.25) is 0 Å². The molecule has 2 rings (SSSR count). The van der Waals surface area contributed by atoms with Gasteiger partial charge < -0.3 is 10.1 Å². The highest BCUT2D eigenvalue weighted by Gasteiger charge is 2.16. The zero-order chi connectivity index (χ0) is 17.5. The van der Waals surface area contributed by atoms with Gasteiger partial charge in [-0.2, -0.15) is 0 Å². The first-order valence-electron chi connectivity index (χ1n) is 7.72. The van der Waals surface area contributed by atoms with Crippen molar-refractivity contribution in [1.82, 2.24) is 5.32 Å². The number of ether oxygens (including phenoxy) is 1. The topological polar surface area (TPSA) is 55.4 Å². The molecule has 0 unspecified atom stereocenters. The number of nitrogens with one attached hydrogen (secondary N) is 1. The summed E-state index contributed by atoms with van der Waals surface area (Å²) in [6, 6.07) is 11.8. The van der Waals surface area contributed by atoms with Crippen molar-refractivity contribution < 1.29 is 14.3 Å². The summed E-state index contributed by atoms with van der Waals surface area (Å²) < 4.78 is 5.12. The molecule has 1 amide bonds. The molecule has 0 fully saturated rings. The summed E-state index contributed by atoms with van der Waals surface area (Å²) in [5.74, 6) is -0.844. The van der Waals surface area contributed by atoms with Crippen LogP contribution in [0.1, 0.15) is 27.8 Å². The number of rotatable bonds is 6. The molecule has 1 atom stereocenters. The Bertz CT molecular complexity index is 731. The van der Waals surface area contributed by atoms with Gasteiger partial charge in [-0.25, -0.2) is 4.79 Å². The fourth-order valence-corrected chi connectivity index (χ4v) is 2.78. The normalized spacial score (nSPS) is 12.1. The quantitative estimate of drug-likeness (QED) is 0.644. The third-order valence-electron chi connectivity index (χ3n) is 3.39. The average molecular weight is 343 g/mol. The molecular formula is C19H21NO3S. The van der Waals surface area contributed by atoms with E-state index in [-0.39, 0.29) is 5.91 Å². The van der Waals surface area contributed by atoms with Gasteiger partial charge in [0.1, 0.15) is 0 Å². The highest BCUT2D eigenvalue weighted by atomic mass is 32.1. The Balaban J connectivity index is 1.79. The van der Waals surface area contributed by atoms with Gasteiger partial charge in [0.2, 0.25) is 0 Å². The first kappa shape index (κ1) is 17.9. The van der Waals surface area contributed by atoms with Crippen LogP contribution >= 0.6 is 11.3 Å². The van der Waals surface area contributed by atoms with Crippen molar-refractivity contribution in [2.45, 2.75) is 33.4 Å². The van der Waals surface area contributed by atoms with Crippen LogP contribution in [0.5, 0.6) is 0 Å². The van der Waals surface area contributed by atoms with E-state index in [0.717, 1.165) is 10.4 Å². The van der Waals surface area contributed by atoms with E-state index in [1.807, 2.05) is 50.2 Å². The van der Waals surface area contributed by atoms with Crippen LogP contribution in [0.4, 0.5) is 0 Å². The minimum Gasteiger partial charge on any atom is -0.449 e. The lowest BCUT2D eigenvalue weighted by Gasteiger charge is -2.12. The lowest BCUT2D eigenvalue weighted by atomic mass is 10.1. The monoisotopic (exact) mass is 343 g/mol. The molecule has 0 saturated heterocycles. The maximum atomic E-state index is 12.0. The summed E-state index contributed by atoms with van der Waals surface area (Å²) in [6.45, 7) is 5.98. The maximum Gasteiger partial charge on any atom is 0.331 e. The van der Waals surface area contributed by atoms with Crippen LogP contribution in [-0.4, -0.2) is 18.0 Å². The van der Waals surface area contributed by atoms with E-state index in [1.165, 1.54) is 16.5 Å². The zero-order valence-electron chi connectivity index (χ0n) is 14.0. The van der Waals surface area contributed by atoms with Gasteiger partial charge in [-0.15, -0.1) is 11.3 Å². The molecule has 126 valence electrons. The fraction of sp³-hybridized carbons (Fsp3) is 0.263. The smallest absolute Gasteiger partial charge is 0.331 e. The number of hydrogen-bond donors (Lipinski definition) is 1. The second kappa shape index (κ2) is 8.45. The SMILES string of the molecule is Cc1ccc(CNC(=O)[C@H](C)OC(=O)/C=C/c2ccc(C)s2)cc1. The third kappa shape index (κ3) is 5.66. The van der Waals surface area contributed by atoms with E-state index in [2.05, 4.69) is 5.32 Å². The van der Waals surface area contributed by atoms with Crippen LogP contribution in [-0.2, 0) is 20.9 Å². The van der Waals surface area contributed by atoms with Crippen molar-refractivity contribution in [2.75, 3.05) is 0 Å². The van der Waals surface area contributed by atoms with Crippen LogP contribution in [0, 0.1) is 13.8 Å². The Hall–Kier alpha value is -2.40. The van der Waals surface area contributed by atoms with Gasteiger partial charge in [0.15, 0.2) is 6.10 Å². The van der Waals surface area contributed by atoms with Gasteiger partial charge in [-0.1, -0.05) is 29.8 Å². The summed E-state index contributed by atoms with van der Waals surface area (Å²) in [7, 11) is 0. The summed E-state index contributed by atoms with van der Waals surface area (Å²) in [5.41, 5.74) is 2.17. The summed E-state index contributed by atoms with van der Waals surface area (Å²) >= 11 is 1.59. The van der Waals surface area contributed by atoms with Crippen molar-refractivity contribution in [3.63, 3.8) is 0 Å². The fourth-order valence-electron chi connectivity index (χ4n) is 2.00. The average Bonchev–Trinajstić information content (AvgIpc) is 2.97. The van der Waals surface area contributed by atoms with E-state index in [9.17, 15) is 9.59 Å². The Morgan fingerprint density at radius 3 is 2.50 bits per heavy atom. The molecule has 5 heteroatoms. The molecule has 0 spiro atoms. The largest absolute Gasteiger partial charge is 0.449 e. The van der Waals surface area contributed by atoms with Gasteiger partial charge in [0, 0.05) is 22.4 Å². The van der Waals surface area contributed by atoms with Crippen molar-refractivity contribution in [3.05, 3.63) is 63.4 Å². The Kier molecular flexibility index (Phi) is 6.32. The van der Waals surface area contributed by atoms with Crippen LogP contribution in [0.25, 0.3) is 6.08 Å². The predicted octanol–water partition coefficient (Wildman–Crippen LogP) is 3.63. The lowest BCUT2D eigenvalue weighted by molar-refractivity contribution is -0.150. The number of benzene rings is 1. The van der Waals surface area contributed by atoms with Crippen LogP contribution in [0.3, 0.4) is 0 Å². The van der Waals surface area contributed by atoms with Gasteiger partial charge in [-0.05, 0) is 44.5 Å². The van der Waals surface area contributed by atoms with Gasteiger partial charge in [0.05, 0.1) is 0 Å². The molecule has 4 nitrogen and oxygen atoms in total. The molecule has 0 aliphatic carbocycles. The lowest BCUT2D eigenvalue weighted by Crippen LogP contribution is -2.35. The van der Waals surface area contributed by atoms with E-state index in [0.29, 0.717) is 6.54 Å². The standard InChI is InChI=1S/C19H21NO3S/c1-13-4-7-16(8-5-13)12-20-19(22)15(3)23-18(21)11-10-17-9-6-14(2)24-17/h4-11,15H,12H2,1-3H3,(H,20,22)/b11-10+/t15-/m0/s1. The number of carbonyl (C=O) groups is 2. The van der Waals surface area contributed by atoms with E-state index in [4.69, 9.17) is 4.74 Å². The number of carbonyl (C=O) groups excluding carboxylic acids is 2. The van der Waals surface area contributed by atoms with E-state index in [1.54, 1.807) is 24.3 Å². The minimum absolute atomic E-state index is 0.315. The molecule has 0 radical (unpaired) electrons. The number of hydrogen-bond acceptors (Lipinski definition) is 4. The van der Waals surface area contributed by atoms with Crippen molar-refractivity contribution in [1.29, 1.82) is 0 Å². The Morgan fingerprint density at radius 2 is 1.88 bits per heavy atom. The Labute approximate surface area is 146 Å². The first-order chi connectivity index (χ1) is 11.4. The van der Waals surface area contributed by atoms with Crippen molar-refractivity contribution in [2.24, 2.45) is 0 Å². The summed E-state index contributed by atoms with van der Waals surface area (Å²) in [4.78, 5) is 25.9. The molecule has 0 saturated carbocycles. The summed E-state index contributed by atoms with van der Waals surface area (Å²) in [6.07, 6.45) is 2.20. The van der Waals surface area contributed by atoms with Crippen LogP contribution in [0.15, 0.2) is 42.5 Å². The number of esters is 1. The second-order valence-electron chi connectivity index (χ2n) is 5.56. The maximum absolute atomic E-state index is 12.0. The number of aryl methyl sites for hydroxylation is 2. The Morgan fingerprint density at radius 1 is 1.17 bits per heavy atom. The molecule has 1 heterocycles. The molecule has 0 aliphatic rings. The van der Waals surface area contributed by atoms with Gasteiger partial charge in [0.25, 0.3) is 5.91 Å². The molecule has 0 aliphatic heterocycles. The van der Waals surface area contributed by atoms with Gasteiger partial charge >= 0.3 is 5.97 Å². The van der Waals surface area contributed by atoms with E-state index < -0.39 is 12.1 Å². The molecular weight excluding hydrogens is 322 g/mol. The first-order valence-corrected chi connectivity index (χ1v) is 8.54. The van der Waals surface area contributed by atoms with Crippen molar-refractivity contribution in [3.8, 4) is 0 Å². The molecule has 24 heavy (non-hydrogen) atoms. The number of thiophene rings is 1. The minimum atomic E-state index is -0.835. The molecule has 0 bridgehead atoms. The van der Waals surface area contributed by atoms with Crippen molar-refractivity contribution >= 4 is 29.3 Å². The van der Waals surface area contributed by atoms with E-state index >= 15 is 0 Å². The zero-order valence-corrected chi connectivity index (χ0v) is 14.9. The predicted molar refractivity (Wildman–Crippen MR) is 96.7 cm³/mol.